The SMILES string of the molecule is CCNC1c2ccccc2OCC1N(C)CC1CCC1. The molecule has 1 aromatic carbocycles. The predicted octanol–water partition coefficient (Wildman–Crippen LogP) is 2.83. The van der Waals surface area contributed by atoms with Gasteiger partial charge in [0.15, 0.2) is 0 Å². The Balaban J connectivity index is 1.76. The van der Waals surface area contributed by atoms with Crippen molar-refractivity contribution >= 4 is 0 Å². The van der Waals surface area contributed by atoms with Crippen molar-refractivity contribution in [3.63, 3.8) is 0 Å². The number of rotatable bonds is 5. The summed E-state index contributed by atoms with van der Waals surface area (Å²) in [6, 6.07) is 9.27. The van der Waals surface area contributed by atoms with Gasteiger partial charge in [-0.05, 0) is 38.4 Å². The summed E-state index contributed by atoms with van der Waals surface area (Å²) in [5.41, 5.74) is 1.31. The first-order valence-electron chi connectivity index (χ1n) is 7.95. The van der Waals surface area contributed by atoms with Crippen LogP contribution < -0.4 is 10.1 Å². The van der Waals surface area contributed by atoms with Crippen LogP contribution in [0.2, 0.25) is 0 Å². The van der Waals surface area contributed by atoms with Crippen molar-refractivity contribution in [2.45, 2.75) is 38.3 Å². The van der Waals surface area contributed by atoms with Crippen molar-refractivity contribution in [3.8, 4) is 5.75 Å². The summed E-state index contributed by atoms with van der Waals surface area (Å²) in [5, 5.41) is 3.66. The maximum Gasteiger partial charge on any atom is 0.124 e. The van der Waals surface area contributed by atoms with E-state index in [1.165, 1.54) is 31.4 Å². The molecule has 0 aromatic heterocycles. The van der Waals surface area contributed by atoms with E-state index in [4.69, 9.17) is 4.74 Å². The maximum atomic E-state index is 5.99. The number of benzene rings is 1. The molecule has 1 aliphatic heterocycles. The molecule has 0 spiro atoms. The number of para-hydroxylation sites is 1. The molecule has 1 aromatic rings. The molecule has 2 unspecified atom stereocenters. The first-order valence-corrected chi connectivity index (χ1v) is 7.95. The van der Waals surface area contributed by atoms with Crippen LogP contribution in [0.1, 0.15) is 37.8 Å². The second-order valence-corrected chi connectivity index (χ2v) is 6.19. The lowest BCUT2D eigenvalue weighted by atomic mass is 9.84. The molecule has 0 saturated heterocycles. The van der Waals surface area contributed by atoms with Gasteiger partial charge in [0.25, 0.3) is 0 Å². The number of hydrogen-bond acceptors (Lipinski definition) is 3. The van der Waals surface area contributed by atoms with Crippen molar-refractivity contribution in [2.75, 3.05) is 26.7 Å². The molecule has 1 aliphatic carbocycles. The third-order valence-electron chi connectivity index (χ3n) is 4.81. The number of nitrogens with zero attached hydrogens (tertiary/aromatic N) is 1. The van der Waals surface area contributed by atoms with Gasteiger partial charge in [-0.2, -0.15) is 0 Å². The summed E-state index contributed by atoms with van der Waals surface area (Å²) in [6.45, 7) is 5.17. The topological polar surface area (TPSA) is 24.5 Å². The van der Waals surface area contributed by atoms with Gasteiger partial charge >= 0.3 is 0 Å². The minimum absolute atomic E-state index is 0.384. The second kappa shape index (κ2) is 6.15. The fourth-order valence-corrected chi connectivity index (χ4v) is 3.41. The van der Waals surface area contributed by atoms with Crippen LogP contribution >= 0.6 is 0 Å². The van der Waals surface area contributed by atoms with E-state index in [9.17, 15) is 0 Å². The van der Waals surface area contributed by atoms with Crippen molar-refractivity contribution in [2.24, 2.45) is 5.92 Å². The van der Waals surface area contributed by atoms with Crippen LogP contribution in [0.25, 0.3) is 0 Å². The highest BCUT2D eigenvalue weighted by molar-refractivity contribution is 5.38. The van der Waals surface area contributed by atoms with Gasteiger partial charge in [0.2, 0.25) is 0 Å². The molecule has 110 valence electrons. The number of nitrogens with one attached hydrogen (secondary N) is 1. The molecule has 0 amide bonds. The zero-order valence-electron chi connectivity index (χ0n) is 12.6. The number of likely N-dealkylation sites (N-methyl/N-ethyl adjacent to an activating group) is 2. The Morgan fingerprint density at radius 1 is 1.30 bits per heavy atom. The summed E-state index contributed by atoms with van der Waals surface area (Å²) in [6.07, 6.45) is 4.22. The predicted molar refractivity (Wildman–Crippen MR) is 82.1 cm³/mol. The van der Waals surface area contributed by atoms with E-state index in [0.29, 0.717) is 12.1 Å². The molecule has 2 aliphatic rings. The van der Waals surface area contributed by atoms with Crippen LogP contribution in [0.4, 0.5) is 0 Å². The van der Waals surface area contributed by atoms with Crippen LogP contribution in [0.15, 0.2) is 24.3 Å². The first kappa shape index (κ1) is 13.9. The molecular formula is C17H26N2O. The average Bonchev–Trinajstić information content (AvgIpc) is 2.43. The van der Waals surface area contributed by atoms with E-state index >= 15 is 0 Å². The molecule has 3 rings (SSSR count). The average molecular weight is 274 g/mol. The largest absolute Gasteiger partial charge is 0.492 e. The quantitative estimate of drug-likeness (QED) is 0.893. The Morgan fingerprint density at radius 2 is 2.10 bits per heavy atom. The second-order valence-electron chi connectivity index (χ2n) is 6.19. The highest BCUT2D eigenvalue weighted by Gasteiger charge is 2.34. The number of ether oxygens (including phenoxy) is 1. The van der Waals surface area contributed by atoms with Crippen LogP contribution in [0.5, 0.6) is 5.75 Å². The first-order chi connectivity index (χ1) is 9.79. The molecule has 1 fully saturated rings. The zero-order valence-corrected chi connectivity index (χ0v) is 12.6. The van der Waals surface area contributed by atoms with E-state index in [1.54, 1.807) is 0 Å². The minimum Gasteiger partial charge on any atom is -0.492 e. The van der Waals surface area contributed by atoms with Crippen molar-refractivity contribution in [1.29, 1.82) is 0 Å². The molecule has 1 saturated carbocycles. The summed E-state index contributed by atoms with van der Waals surface area (Å²) in [4.78, 5) is 2.51. The Morgan fingerprint density at radius 3 is 2.80 bits per heavy atom. The lowest BCUT2D eigenvalue weighted by Crippen LogP contribution is -2.50. The van der Waals surface area contributed by atoms with Gasteiger partial charge in [-0.3, -0.25) is 4.90 Å². The Bertz CT molecular complexity index is 444. The standard InChI is InChI=1S/C17H26N2O/c1-3-18-17-14-9-4-5-10-16(14)20-12-15(17)19(2)11-13-7-6-8-13/h4-5,9-10,13,15,17-18H,3,6-8,11-12H2,1-2H3. The van der Waals surface area contributed by atoms with Gasteiger partial charge in [0.1, 0.15) is 12.4 Å². The molecule has 1 N–H and O–H groups in total. The van der Waals surface area contributed by atoms with Crippen LogP contribution in [-0.4, -0.2) is 37.7 Å². The third-order valence-corrected chi connectivity index (χ3v) is 4.81. The Kier molecular flexibility index (Phi) is 4.27. The normalized spacial score (nSPS) is 25.9. The maximum absolute atomic E-state index is 5.99. The summed E-state index contributed by atoms with van der Waals surface area (Å²) >= 11 is 0. The Labute approximate surface area is 122 Å². The molecule has 20 heavy (non-hydrogen) atoms. The number of hydrogen-bond donors (Lipinski definition) is 1. The zero-order chi connectivity index (χ0) is 13.9. The van der Waals surface area contributed by atoms with Crippen molar-refractivity contribution in [3.05, 3.63) is 29.8 Å². The van der Waals surface area contributed by atoms with Crippen molar-refractivity contribution in [1.82, 2.24) is 10.2 Å². The lowest BCUT2D eigenvalue weighted by Gasteiger charge is -2.41. The molecule has 2 atom stereocenters. The van der Waals surface area contributed by atoms with E-state index in [1.807, 2.05) is 0 Å². The van der Waals surface area contributed by atoms with E-state index in [0.717, 1.165) is 24.8 Å². The van der Waals surface area contributed by atoms with Crippen molar-refractivity contribution < 1.29 is 4.74 Å². The van der Waals surface area contributed by atoms with Crippen LogP contribution in [0.3, 0.4) is 0 Å². The Hall–Kier alpha value is -1.06. The summed E-state index contributed by atoms with van der Waals surface area (Å²) in [7, 11) is 2.25. The smallest absolute Gasteiger partial charge is 0.124 e. The van der Waals surface area contributed by atoms with Gasteiger partial charge in [0.05, 0.1) is 12.1 Å². The lowest BCUT2D eigenvalue weighted by molar-refractivity contribution is 0.0805. The fraction of sp³-hybridized carbons (Fsp3) is 0.647. The molecule has 1 heterocycles. The van der Waals surface area contributed by atoms with Crippen LogP contribution in [-0.2, 0) is 0 Å². The van der Waals surface area contributed by atoms with E-state index in [-0.39, 0.29) is 0 Å². The van der Waals surface area contributed by atoms with Gasteiger partial charge in [0, 0.05) is 12.1 Å². The number of fused-ring (bicyclic) bond motifs is 1. The van der Waals surface area contributed by atoms with Gasteiger partial charge in [-0.1, -0.05) is 31.5 Å². The van der Waals surface area contributed by atoms with E-state index < -0.39 is 0 Å². The minimum atomic E-state index is 0.384. The third kappa shape index (κ3) is 2.70. The molecule has 3 nitrogen and oxygen atoms in total. The highest BCUT2D eigenvalue weighted by Crippen LogP contribution is 2.35. The van der Waals surface area contributed by atoms with E-state index in [2.05, 4.69) is 48.5 Å². The van der Waals surface area contributed by atoms with Gasteiger partial charge in [-0.15, -0.1) is 0 Å². The van der Waals surface area contributed by atoms with Gasteiger partial charge < -0.3 is 10.1 Å². The summed E-state index contributed by atoms with van der Waals surface area (Å²) < 4.78 is 5.99. The molecule has 0 bridgehead atoms. The fourth-order valence-electron chi connectivity index (χ4n) is 3.41. The molecule has 3 heteroatoms. The van der Waals surface area contributed by atoms with Gasteiger partial charge in [-0.25, -0.2) is 0 Å². The molecule has 0 radical (unpaired) electrons. The summed E-state index contributed by atoms with van der Waals surface area (Å²) in [5.74, 6) is 1.95. The highest BCUT2D eigenvalue weighted by atomic mass is 16.5. The monoisotopic (exact) mass is 274 g/mol. The molecular weight excluding hydrogens is 248 g/mol. The van der Waals surface area contributed by atoms with Crippen LogP contribution in [0, 0.1) is 5.92 Å².